The molecule has 1 aliphatic rings. The Bertz CT molecular complexity index is 259. The summed E-state index contributed by atoms with van der Waals surface area (Å²) in [6.45, 7) is 0. The van der Waals surface area contributed by atoms with Crippen LogP contribution in [-0.2, 0) is 0 Å². The number of aliphatic hydroxyl groups excluding tert-OH is 3. The maximum absolute atomic E-state index is 9.01. The molecule has 0 unspecified atom stereocenters. The maximum atomic E-state index is 9.01. The standard InChI is InChI=1S/C6H12O9/c7-1-2(8)5(12,13)6(14,15)3(9)4(1,10)11/h1-3,7-15H/t1-,2+,3+/m0/s1. The van der Waals surface area contributed by atoms with Gasteiger partial charge in [0.25, 0.3) is 11.6 Å². The Kier molecular flexibility index (Phi) is 2.60. The van der Waals surface area contributed by atoms with Gasteiger partial charge in [0.05, 0.1) is 0 Å². The first kappa shape index (κ1) is 12.7. The molecule has 0 saturated heterocycles. The van der Waals surface area contributed by atoms with Crippen molar-refractivity contribution in [3.8, 4) is 0 Å². The van der Waals surface area contributed by atoms with Crippen LogP contribution in [0.4, 0.5) is 0 Å². The first-order valence-corrected chi connectivity index (χ1v) is 3.85. The molecule has 3 atom stereocenters. The van der Waals surface area contributed by atoms with Gasteiger partial charge in [-0.25, -0.2) is 0 Å². The van der Waals surface area contributed by atoms with Crippen LogP contribution in [0.1, 0.15) is 0 Å². The molecule has 0 amide bonds. The van der Waals surface area contributed by atoms with Crippen molar-refractivity contribution in [3.05, 3.63) is 0 Å². The average Bonchev–Trinajstić information content (AvgIpc) is 2.12. The van der Waals surface area contributed by atoms with E-state index in [1.165, 1.54) is 0 Å². The molecule has 0 aliphatic heterocycles. The summed E-state index contributed by atoms with van der Waals surface area (Å²) >= 11 is 0. The molecule has 9 nitrogen and oxygen atoms in total. The van der Waals surface area contributed by atoms with Gasteiger partial charge in [0.15, 0.2) is 6.10 Å². The molecule has 1 rings (SSSR count). The lowest BCUT2D eigenvalue weighted by molar-refractivity contribution is -0.482. The molecule has 90 valence electrons. The molecule has 15 heavy (non-hydrogen) atoms. The van der Waals surface area contributed by atoms with Crippen LogP contribution >= 0.6 is 0 Å². The number of aliphatic hydroxyl groups is 9. The van der Waals surface area contributed by atoms with Crippen molar-refractivity contribution in [3.63, 3.8) is 0 Å². The van der Waals surface area contributed by atoms with Gasteiger partial charge >= 0.3 is 0 Å². The lowest BCUT2D eigenvalue weighted by Gasteiger charge is -2.51. The fourth-order valence-corrected chi connectivity index (χ4v) is 1.33. The summed E-state index contributed by atoms with van der Waals surface area (Å²) in [5, 5.41) is 81.0. The van der Waals surface area contributed by atoms with Gasteiger partial charge in [-0.15, -0.1) is 0 Å². The van der Waals surface area contributed by atoms with Gasteiger partial charge in [-0.2, -0.15) is 0 Å². The van der Waals surface area contributed by atoms with E-state index in [4.69, 9.17) is 46.0 Å². The molecular formula is C6H12O9. The second-order valence-corrected chi connectivity index (χ2v) is 3.53. The van der Waals surface area contributed by atoms with Gasteiger partial charge in [-0.3, -0.25) is 0 Å². The van der Waals surface area contributed by atoms with Crippen LogP contribution in [0.2, 0.25) is 0 Å². The van der Waals surface area contributed by atoms with Crippen molar-refractivity contribution < 1.29 is 46.0 Å². The van der Waals surface area contributed by atoms with E-state index in [0.717, 1.165) is 0 Å². The summed E-state index contributed by atoms with van der Waals surface area (Å²) in [6, 6.07) is 0. The van der Waals surface area contributed by atoms with E-state index in [1.54, 1.807) is 0 Å². The predicted octanol–water partition coefficient (Wildman–Crippen LogP) is -5.87. The Labute approximate surface area is 82.7 Å². The minimum absolute atomic E-state index is 2.60. The first-order valence-electron chi connectivity index (χ1n) is 3.85. The van der Waals surface area contributed by atoms with Crippen LogP contribution < -0.4 is 0 Å². The Morgan fingerprint density at radius 1 is 0.600 bits per heavy atom. The second kappa shape index (κ2) is 3.07. The molecule has 0 radical (unpaired) electrons. The van der Waals surface area contributed by atoms with Crippen LogP contribution in [0.25, 0.3) is 0 Å². The molecule has 1 fully saturated rings. The van der Waals surface area contributed by atoms with Crippen molar-refractivity contribution in [2.75, 3.05) is 0 Å². The minimum atomic E-state index is -3.82. The Hall–Kier alpha value is -0.360. The highest BCUT2D eigenvalue weighted by atomic mass is 16.6. The van der Waals surface area contributed by atoms with Crippen LogP contribution in [0.3, 0.4) is 0 Å². The maximum Gasteiger partial charge on any atom is 0.253 e. The molecule has 0 aromatic heterocycles. The zero-order valence-corrected chi connectivity index (χ0v) is 7.26. The van der Waals surface area contributed by atoms with Crippen molar-refractivity contribution in [2.24, 2.45) is 0 Å². The molecule has 1 aliphatic carbocycles. The van der Waals surface area contributed by atoms with E-state index in [2.05, 4.69) is 0 Å². The van der Waals surface area contributed by atoms with Gasteiger partial charge in [-0.05, 0) is 0 Å². The molecule has 0 aromatic carbocycles. The fourth-order valence-electron chi connectivity index (χ4n) is 1.33. The fraction of sp³-hybridized carbons (Fsp3) is 1.00. The number of rotatable bonds is 0. The zero-order valence-electron chi connectivity index (χ0n) is 7.26. The second-order valence-electron chi connectivity index (χ2n) is 3.53. The Morgan fingerprint density at radius 2 is 1.00 bits per heavy atom. The van der Waals surface area contributed by atoms with Gasteiger partial charge in [-0.1, -0.05) is 0 Å². The van der Waals surface area contributed by atoms with Gasteiger partial charge in [0.2, 0.25) is 5.79 Å². The van der Waals surface area contributed by atoms with Gasteiger partial charge in [0.1, 0.15) is 12.2 Å². The molecule has 9 heteroatoms. The van der Waals surface area contributed by atoms with E-state index in [1.807, 2.05) is 0 Å². The molecular weight excluding hydrogens is 216 g/mol. The highest BCUT2D eigenvalue weighted by Gasteiger charge is 2.72. The van der Waals surface area contributed by atoms with Gasteiger partial charge in [0, 0.05) is 0 Å². The summed E-state index contributed by atoms with van der Waals surface area (Å²) in [7, 11) is 0. The van der Waals surface area contributed by atoms with Crippen molar-refractivity contribution in [2.45, 2.75) is 35.7 Å². The number of hydrogen-bond acceptors (Lipinski definition) is 9. The van der Waals surface area contributed by atoms with E-state index in [-0.39, 0.29) is 0 Å². The normalized spacial score (nSPS) is 42.6. The van der Waals surface area contributed by atoms with Crippen LogP contribution in [0.15, 0.2) is 0 Å². The molecule has 9 N–H and O–H groups in total. The minimum Gasteiger partial charge on any atom is -0.384 e. The summed E-state index contributed by atoms with van der Waals surface area (Å²) < 4.78 is 0. The SMILES string of the molecule is O[C@@H]1[C@H](O)C(O)(O)[C@@H](O)C(O)(O)C1(O)O. The Morgan fingerprint density at radius 3 is 1.40 bits per heavy atom. The number of hydrogen-bond donors (Lipinski definition) is 9. The smallest absolute Gasteiger partial charge is 0.253 e. The molecule has 1 saturated carbocycles. The average molecular weight is 228 g/mol. The third kappa shape index (κ3) is 1.38. The van der Waals surface area contributed by atoms with E-state index >= 15 is 0 Å². The van der Waals surface area contributed by atoms with E-state index in [0.29, 0.717) is 0 Å². The van der Waals surface area contributed by atoms with E-state index in [9.17, 15) is 0 Å². The monoisotopic (exact) mass is 228 g/mol. The topological polar surface area (TPSA) is 182 Å². The Balaban J connectivity index is 3.24. The zero-order chi connectivity index (χ0) is 12.2. The quantitative estimate of drug-likeness (QED) is 0.182. The summed E-state index contributed by atoms with van der Waals surface area (Å²) in [4.78, 5) is 0. The van der Waals surface area contributed by atoms with Crippen LogP contribution in [-0.4, -0.2) is 81.6 Å². The van der Waals surface area contributed by atoms with Crippen LogP contribution in [0.5, 0.6) is 0 Å². The summed E-state index contributed by atoms with van der Waals surface area (Å²) in [6.07, 6.45) is -8.22. The highest BCUT2D eigenvalue weighted by molar-refractivity contribution is 5.10. The predicted molar refractivity (Wildman–Crippen MR) is 39.5 cm³/mol. The van der Waals surface area contributed by atoms with Crippen molar-refractivity contribution in [1.29, 1.82) is 0 Å². The third-order valence-corrected chi connectivity index (χ3v) is 2.47. The largest absolute Gasteiger partial charge is 0.384 e. The summed E-state index contributed by atoms with van der Waals surface area (Å²) in [5.41, 5.74) is 0. The van der Waals surface area contributed by atoms with Gasteiger partial charge < -0.3 is 46.0 Å². The highest BCUT2D eigenvalue weighted by Crippen LogP contribution is 2.38. The van der Waals surface area contributed by atoms with Crippen LogP contribution in [0, 0.1) is 0 Å². The molecule has 0 spiro atoms. The molecule has 0 bridgehead atoms. The summed E-state index contributed by atoms with van der Waals surface area (Å²) in [5.74, 6) is -11.0. The lowest BCUT2D eigenvalue weighted by Crippen LogP contribution is -2.82. The molecule has 0 aromatic rings. The molecule has 0 heterocycles. The van der Waals surface area contributed by atoms with E-state index < -0.39 is 35.7 Å². The first-order chi connectivity index (χ1) is 6.47. The lowest BCUT2D eigenvalue weighted by atomic mass is 9.77. The van der Waals surface area contributed by atoms with Crippen molar-refractivity contribution in [1.82, 2.24) is 0 Å². The third-order valence-electron chi connectivity index (χ3n) is 2.47. The van der Waals surface area contributed by atoms with Crippen molar-refractivity contribution >= 4 is 0 Å².